The molecule has 2 aromatic rings. The van der Waals surface area contributed by atoms with Gasteiger partial charge in [-0.15, -0.1) is 0 Å². The highest BCUT2D eigenvalue weighted by molar-refractivity contribution is 5.34. The van der Waals surface area contributed by atoms with E-state index in [-0.39, 0.29) is 6.10 Å². The summed E-state index contributed by atoms with van der Waals surface area (Å²) < 4.78 is 5.59. The lowest BCUT2D eigenvalue weighted by atomic mass is 10.0. The normalized spacial score (nSPS) is 12.5. The second-order valence-electron chi connectivity index (χ2n) is 4.94. The number of rotatable bonds is 4. The molecule has 0 amide bonds. The van der Waals surface area contributed by atoms with Crippen LogP contribution in [0.2, 0.25) is 0 Å². The maximum absolute atomic E-state index is 10.4. The van der Waals surface area contributed by atoms with Crippen molar-refractivity contribution in [2.24, 2.45) is 0 Å². The number of aliphatic hydroxyl groups excluding tert-OH is 1. The van der Waals surface area contributed by atoms with Gasteiger partial charge in [0.25, 0.3) is 0 Å². The van der Waals surface area contributed by atoms with Gasteiger partial charge in [0.1, 0.15) is 11.9 Å². The average Bonchev–Trinajstić information content (AvgIpc) is 2.37. The van der Waals surface area contributed by atoms with Crippen LogP contribution in [0.3, 0.4) is 0 Å². The Balaban J connectivity index is 2.26. The van der Waals surface area contributed by atoms with E-state index in [1.807, 2.05) is 51.1 Å². The van der Waals surface area contributed by atoms with Crippen LogP contribution in [0.4, 0.5) is 0 Å². The van der Waals surface area contributed by atoms with Crippen molar-refractivity contribution < 1.29 is 9.84 Å². The molecule has 3 nitrogen and oxygen atoms in total. The molecule has 1 atom stereocenters. The van der Waals surface area contributed by atoms with Crippen LogP contribution >= 0.6 is 0 Å². The largest absolute Gasteiger partial charge is 0.489 e. The number of hydrogen-bond donors (Lipinski definition) is 1. The Morgan fingerprint density at radius 3 is 2.58 bits per heavy atom. The van der Waals surface area contributed by atoms with Crippen LogP contribution in [-0.2, 0) is 0 Å². The van der Waals surface area contributed by atoms with Gasteiger partial charge >= 0.3 is 0 Å². The molecule has 1 aromatic carbocycles. The van der Waals surface area contributed by atoms with Gasteiger partial charge < -0.3 is 9.84 Å². The summed E-state index contributed by atoms with van der Waals surface area (Å²) in [6, 6.07) is 9.66. The van der Waals surface area contributed by atoms with Gasteiger partial charge in [0.15, 0.2) is 0 Å². The van der Waals surface area contributed by atoms with Crippen LogP contribution in [0.15, 0.2) is 42.7 Å². The second-order valence-corrected chi connectivity index (χ2v) is 4.94. The molecule has 0 aliphatic heterocycles. The van der Waals surface area contributed by atoms with Crippen molar-refractivity contribution in [2.75, 3.05) is 0 Å². The van der Waals surface area contributed by atoms with Crippen molar-refractivity contribution in [3.05, 3.63) is 59.4 Å². The molecule has 0 saturated heterocycles. The number of benzene rings is 1. The molecular weight excluding hydrogens is 238 g/mol. The molecule has 0 radical (unpaired) electrons. The van der Waals surface area contributed by atoms with Crippen LogP contribution in [-0.4, -0.2) is 16.2 Å². The number of aromatic nitrogens is 1. The number of ether oxygens (including phenoxy) is 1. The maximum atomic E-state index is 10.4. The van der Waals surface area contributed by atoms with E-state index >= 15 is 0 Å². The summed E-state index contributed by atoms with van der Waals surface area (Å²) in [5, 5.41) is 10.4. The number of hydrogen-bond acceptors (Lipinski definition) is 3. The zero-order chi connectivity index (χ0) is 13.8. The molecular formula is C16H19NO2. The zero-order valence-corrected chi connectivity index (χ0v) is 11.5. The lowest BCUT2D eigenvalue weighted by Crippen LogP contribution is -2.07. The van der Waals surface area contributed by atoms with Crippen molar-refractivity contribution in [1.29, 1.82) is 0 Å². The molecule has 0 spiro atoms. The fraction of sp³-hybridized carbons (Fsp3) is 0.312. The summed E-state index contributed by atoms with van der Waals surface area (Å²) in [5.41, 5.74) is 2.73. The van der Waals surface area contributed by atoms with Gasteiger partial charge in [0.05, 0.1) is 12.3 Å². The molecule has 0 aliphatic carbocycles. The predicted molar refractivity (Wildman–Crippen MR) is 75.2 cm³/mol. The third-order valence-electron chi connectivity index (χ3n) is 2.78. The first-order valence-corrected chi connectivity index (χ1v) is 6.42. The third-order valence-corrected chi connectivity index (χ3v) is 2.78. The zero-order valence-electron chi connectivity index (χ0n) is 11.5. The summed E-state index contributed by atoms with van der Waals surface area (Å²) in [6.07, 6.45) is 2.74. The fourth-order valence-corrected chi connectivity index (χ4v) is 1.95. The van der Waals surface area contributed by atoms with Gasteiger partial charge in [-0.05, 0) is 32.4 Å². The van der Waals surface area contributed by atoms with Gasteiger partial charge in [-0.1, -0.05) is 29.8 Å². The maximum Gasteiger partial charge on any atom is 0.138 e. The standard InChI is InChI=1S/C16H19NO2/c1-11(2)19-15-8-14(9-17-10-15)16(18)13-6-4-5-12(3)7-13/h4-11,16,18H,1-3H3. The molecule has 3 heteroatoms. The Labute approximate surface area is 113 Å². The Bertz CT molecular complexity index is 552. The van der Waals surface area contributed by atoms with E-state index in [4.69, 9.17) is 4.74 Å². The number of pyridine rings is 1. The van der Waals surface area contributed by atoms with Gasteiger partial charge in [-0.2, -0.15) is 0 Å². The Kier molecular flexibility index (Phi) is 4.17. The minimum atomic E-state index is -0.678. The molecule has 1 heterocycles. The minimum absolute atomic E-state index is 0.0909. The smallest absolute Gasteiger partial charge is 0.138 e. The van der Waals surface area contributed by atoms with Crippen molar-refractivity contribution in [1.82, 2.24) is 4.98 Å². The number of nitrogens with zero attached hydrogens (tertiary/aromatic N) is 1. The highest BCUT2D eigenvalue weighted by Gasteiger charge is 2.12. The third kappa shape index (κ3) is 3.55. The van der Waals surface area contributed by atoms with Crippen LogP contribution in [0, 0.1) is 6.92 Å². The van der Waals surface area contributed by atoms with E-state index in [0.717, 1.165) is 16.7 Å². The van der Waals surface area contributed by atoms with E-state index in [1.54, 1.807) is 12.4 Å². The number of aliphatic hydroxyl groups is 1. The van der Waals surface area contributed by atoms with Crippen LogP contribution in [0.1, 0.15) is 36.6 Å². The summed E-state index contributed by atoms with van der Waals surface area (Å²) >= 11 is 0. The van der Waals surface area contributed by atoms with Gasteiger partial charge in [0, 0.05) is 11.8 Å². The molecule has 1 unspecified atom stereocenters. The molecule has 0 saturated carbocycles. The highest BCUT2D eigenvalue weighted by atomic mass is 16.5. The molecule has 0 fully saturated rings. The first kappa shape index (κ1) is 13.6. The molecule has 2 rings (SSSR count). The van der Waals surface area contributed by atoms with E-state index in [0.29, 0.717) is 5.75 Å². The lowest BCUT2D eigenvalue weighted by molar-refractivity contribution is 0.215. The minimum Gasteiger partial charge on any atom is -0.489 e. The van der Waals surface area contributed by atoms with Gasteiger partial charge in [0.2, 0.25) is 0 Å². The Hall–Kier alpha value is -1.87. The molecule has 100 valence electrons. The molecule has 19 heavy (non-hydrogen) atoms. The van der Waals surface area contributed by atoms with Crippen molar-refractivity contribution in [2.45, 2.75) is 33.0 Å². The second kappa shape index (κ2) is 5.85. The van der Waals surface area contributed by atoms with Crippen LogP contribution in [0.25, 0.3) is 0 Å². The topological polar surface area (TPSA) is 42.4 Å². The summed E-state index contributed by atoms with van der Waals surface area (Å²) in [6.45, 7) is 5.93. The van der Waals surface area contributed by atoms with E-state index in [1.165, 1.54) is 0 Å². The molecule has 0 aliphatic rings. The first-order chi connectivity index (χ1) is 9.06. The van der Waals surface area contributed by atoms with Crippen LogP contribution in [0.5, 0.6) is 5.75 Å². The molecule has 0 bridgehead atoms. The number of aryl methyl sites for hydroxylation is 1. The average molecular weight is 257 g/mol. The van der Waals surface area contributed by atoms with Crippen molar-refractivity contribution >= 4 is 0 Å². The van der Waals surface area contributed by atoms with Crippen molar-refractivity contribution in [3.8, 4) is 5.75 Å². The highest BCUT2D eigenvalue weighted by Crippen LogP contribution is 2.25. The Morgan fingerprint density at radius 2 is 1.89 bits per heavy atom. The first-order valence-electron chi connectivity index (χ1n) is 6.42. The quantitative estimate of drug-likeness (QED) is 0.914. The molecule has 1 N–H and O–H groups in total. The summed E-state index contributed by atoms with van der Waals surface area (Å²) in [5.74, 6) is 0.680. The van der Waals surface area contributed by atoms with Crippen molar-refractivity contribution in [3.63, 3.8) is 0 Å². The van der Waals surface area contributed by atoms with E-state index in [2.05, 4.69) is 4.98 Å². The lowest BCUT2D eigenvalue weighted by Gasteiger charge is -2.14. The van der Waals surface area contributed by atoms with Gasteiger partial charge in [-0.3, -0.25) is 4.98 Å². The SMILES string of the molecule is Cc1cccc(C(O)c2cncc(OC(C)C)c2)c1. The molecule has 1 aromatic heterocycles. The summed E-state index contributed by atoms with van der Waals surface area (Å²) in [4.78, 5) is 4.12. The predicted octanol–water partition coefficient (Wildman–Crippen LogP) is 3.26. The fourth-order valence-electron chi connectivity index (χ4n) is 1.95. The van der Waals surface area contributed by atoms with E-state index in [9.17, 15) is 5.11 Å². The van der Waals surface area contributed by atoms with Gasteiger partial charge in [-0.25, -0.2) is 0 Å². The van der Waals surface area contributed by atoms with Crippen LogP contribution < -0.4 is 4.74 Å². The monoisotopic (exact) mass is 257 g/mol. The Morgan fingerprint density at radius 1 is 1.11 bits per heavy atom. The summed E-state index contributed by atoms with van der Waals surface area (Å²) in [7, 11) is 0. The van der Waals surface area contributed by atoms with E-state index < -0.39 is 6.10 Å².